The summed E-state index contributed by atoms with van der Waals surface area (Å²) in [6.45, 7) is 6.13. The topological polar surface area (TPSA) is 66.5 Å². The van der Waals surface area contributed by atoms with Crippen molar-refractivity contribution in [2.45, 2.75) is 25.7 Å². The van der Waals surface area contributed by atoms with Crippen molar-refractivity contribution in [3.05, 3.63) is 65.5 Å². The summed E-state index contributed by atoms with van der Waals surface area (Å²) in [5.41, 5.74) is 1.53. The number of carbonyl (C=O) groups excluding carboxylic acids is 1. The smallest absolute Gasteiger partial charge is 0.248 e. The first-order valence-electron chi connectivity index (χ1n) is 8.63. The molecule has 0 radical (unpaired) electrons. The van der Waals surface area contributed by atoms with Crippen molar-refractivity contribution in [3.63, 3.8) is 0 Å². The van der Waals surface area contributed by atoms with E-state index in [4.69, 9.17) is 0 Å². The summed E-state index contributed by atoms with van der Waals surface area (Å²) >= 11 is 0. The molecule has 27 heavy (non-hydrogen) atoms. The monoisotopic (exact) mass is 390 g/mol. The quantitative estimate of drug-likeness (QED) is 0.731. The molecule has 0 heterocycles. The Morgan fingerprint density at radius 1 is 1.11 bits per heavy atom. The maximum Gasteiger partial charge on any atom is 0.248 e. The molecule has 0 aromatic heterocycles. The molecule has 0 saturated carbocycles. The Kier molecular flexibility index (Phi) is 6.87. The molecule has 2 aromatic carbocycles. The predicted octanol–water partition coefficient (Wildman–Crippen LogP) is 3.82. The minimum atomic E-state index is -3.51. The fourth-order valence-corrected chi connectivity index (χ4v) is 3.99. The SMILES string of the molecule is CCN(CC)S(=O)(=O)c1ccc(/C=C/C(=O)Nc2ccc(C)cc2F)cc1. The molecule has 0 bridgehead atoms. The highest BCUT2D eigenvalue weighted by molar-refractivity contribution is 7.89. The van der Waals surface area contributed by atoms with Gasteiger partial charge in [0.25, 0.3) is 0 Å². The van der Waals surface area contributed by atoms with Gasteiger partial charge in [0.2, 0.25) is 15.9 Å². The Hall–Kier alpha value is -2.51. The molecular weight excluding hydrogens is 367 g/mol. The van der Waals surface area contributed by atoms with Gasteiger partial charge in [0.1, 0.15) is 5.82 Å². The Labute approximate surface area is 159 Å². The predicted molar refractivity (Wildman–Crippen MR) is 105 cm³/mol. The zero-order valence-corrected chi connectivity index (χ0v) is 16.4. The van der Waals surface area contributed by atoms with Crippen LogP contribution in [0.5, 0.6) is 0 Å². The summed E-state index contributed by atoms with van der Waals surface area (Å²) in [4.78, 5) is 12.2. The molecule has 0 atom stereocenters. The summed E-state index contributed by atoms with van der Waals surface area (Å²) in [7, 11) is -3.51. The van der Waals surface area contributed by atoms with Crippen molar-refractivity contribution in [2.75, 3.05) is 18.4 Å². The molecule has 0 unspecified atom stereocenters. The van der Waals surface area contributed by atoms with Crippen molar-refractivity contribution in [2.24, 2.45) is 0 Å². The van der Waals surface area contributed by atoms with Crippen LogP contribution in [-0.2, 0) is 14.8 Å². The zero-order valence-electron chi connectivity index (χ0n) is 15.6. The summed E-state index contributed by atoms with van der Waals surface area (Å²) < 4.78 is 40.0. The standard InChI is InChI=1S/C20H23FN2O3S/c1-4-23(5-2)27(25,26)17-10-7-16(8-11-17)9-13-20(24)22-19-12-6-15(3)14-18(19)21/h6-14H,4-5H2,1-3H3,(H,22,24)/b13-9+. The van der Waals surface area contributed by atoms with Gasteiger partial charge in [-0.1, -0.05) is 32.0 Å². The van der Waals surface area contributed by atoms with Gasteiger partial charge in [0, 0.05) is 19.2 Å². The van der Waals surface area contributed by atoms with Gasteiger partial charge in [0.05, 0.1) is 10.6 Å². The van der Waals surface area contributed by atoms with Gasteiger partial charge in [-0.2, -0.15) is 4.31 Å². The van der Waals surface area contributed by atoms with Crippen LogP contribution in [0.4, 0.5) is 10.1 Å². The van der Waals surface area contributed by atoms with Gasteiger partial charge in [-0.25, -0.2) is 12.8 Å². The lowest BCUT2D eigenvalue weighted by atomic mass is 10.2. The van der Waals surface area contributed by atoms with Crippen molar-refractivity contribution < 1.29 is 17.6 Å². The number of amides is 1. The Morgan fingerprint density at radius 3 is 2.30 bits per heavy atom. The number of rotatable bonds is 7. The number of hydrogen-bond acceptors (Lipinski definition) is 3. The second kappa shape index (κ2) is 8.92. The van der Waals surface area contributed by atoms with E-state index in [1.165, 1.54) is 40.7 Å². The zero-order chi connectivity index (χ0) is 20.0. The van der Waals surface area contributed by atoms with Gasteiger partial charge >= 0.3 is 0 Å². The molecule has 0 saturated heterocycles. The lowest BCUT2D eigenvalue weighted by Crippen LogP contribution is -2.30. The highest BCUT2D eigenvalue weighted by Crippen LogP contribution is 2.17. The summed E-state index contributed by atoms with van der Waals surface area (Å²) in [5, 5.41) is 2.47. The number of hydrogen-bond donors (Lipinski definition) is 1. The fourth-order valence-electron chi connectivity index (χ4n) is 2.53. The van der Waals surface area contributed by atoms with Gasteiger partial charge in [-0.05, 0) is 48.4 Å². The van der Waals surface area contributed by atoms with E-state index in [1.807, 2.05) is 0 Å². The Balaban J connectivity index is 2.08. The molecule has 1 N–H and O–H groups in total. The Morgan fingerprint density at radius 2 is 1.74 bits per heavy atom. The lowest BCUT2D eigenvalue weighted by molar-refractivity contribution is -0.111. The van der Waals surface area contributed by atoms with Crippen molar-refractivity contribution >= 4 is 27.7 Å². The first-order valence-corrected chi connectivity index (χ1v) is 10.1. The summed E-state index contributed by atoms with van der Waals surface area (Å²) in [5.74, 6) is -0.972. The van der Waals surface area contributed by atoms with Gasteiger partial charge in [0.15, 0.2) is 0 Å². The molecular formula is C20H23FN2O3S. The van der Waals surface area contributed by atoms with E-state index in [-0.39, 0.29) is 10.6 Å². The van der Waals surface area contributed by atoms with E-state index in [0.29, 0.717) is 18.7 Å². The van der Waals surface area contributed by atoms with Crippen LogP contribution in [0.3, 0.4) is 0 Å². The van der Waals surface area contributed by atoms with Crippen molar-refractivity contribution in [1.82, 2.24) is 4.31 Å². The van der Waals surface area contributed by atoms with E-state index < -0.39 is 21.7 Å². The van der Waals surface area contributed by atoms with E-state index in [2.05, 4.69) is 5.32 Å². The van der Waals surface area contributed by atoms with E-state index in [0.717, 1.165) is 5.56 Å². The molecule has 2 rings (SSSR count). The maximum absolute atomic E-state index is 13.8. The molecule has 7 heteroatoms. The minimum absolute atomic E-state index is 0.107. The largest absolute Gasteiger partial charge is 0.320 e. The van der Waals surface area contributed by atoms with Crippen LogP contribution in [-0.4, -0.2) is 31.7 Å². The van der Waals surface area contributed by atoms with Crippen LogP contribution >= 0.6 is 0 Å². The van der Waals surface area contributed by atoms with Gasteiger partial charge in [-0.3, -0.25) is 4.79 Å². The number of benzene rings is 2. The number of carbonyl (C=O) groups is 1. The van der Waals surface area contributed by atoms with Gasteiger partial charge < -0.3 is 5.32 Å². The molecule has 0 spiro atoms. The molecule has 1 amide bonds. The molecule has 0 fully saturated rings. The van der Waals surface area contributed by atoms with Crippen LogP contribution in [0.15, 0.2) is 53.4 Å². The third-order valence-electron chi connectivity index (χ3n) is 4.03. The molecule has 144 valence electrons. The molecule has 5 nitrogen and oxygen atoms in total. The number of nitrogens with zero attached hydrogens (tertiary/aromatic N) is 1. The van der Waals surface area contributed by atoms with Crippen LogP contribution in [0.1, 0.15) is 25.0 Å². The lowest BCUT2D eigenvalue weighted by Gasteiger charge is -2.18. The second-order valence-corrected chi connectivity index (χ2v) is 7.90. The second-order valence-electron chi connectivity index (χ2n) is 5.96. The number of aryl methyl sites for hydroxylation is 1. The minimum Gasteiger partial charge on any atom is -0.320 e. The van der Waals surface area contributed by atoms with Crippen molar-refractivity contribution in [1.29, 1.82) is 0 Å². The number of nitrogens with one attached hydrogen (secondary N) is 1. The van der Waals surface area contributed by atoms with Crippen LogP contribution < -0.4 is 5.32 Å². The van der Waals surface area contributed by atoms with Crippen LogP contribution in [0.25, 0.3) is 6.08 Å². The van der Waals surface area contributed by atoms with Gasteiger partial charge in [-0.15, -0.1) is 0 Å². The first kappa shape index (κ1) is 20.8. The highest BCUT2D eigenvalue weighted by Gasteiger charge is 2.20. The first-order chi connectivity index (χ1) is 12.8. The third kappa shape index (κ3) is 5.24. The number of anilines is 1. The summed E-state index contributed by atoms with van der Waals surface area (Å²) in [6, 6.07) is 10.8. The van der Waals surface area contributed by atoms with Crippen molar-refractivity contribution in [3.8, 4) is 0 Å². The molecule has 0 aliphatic rings. The average molecular weight is 390 g/mol. The van der Waals surface area contributed by atoms with E-state index in [9.17, 15) is 17.6 Å². The Bertz CT molecular complexity index is 934. The maximum atomic E-state index is 13.8. The highest BCUT2D eigenvalue weighted by atomic mass is 32.2. The molecule has 0 aliphatic carbocycles. The van der Waals surface area contributed by atoms with E-state index in [1.54, 1.807) is 39.0 Å². The molecule has 2 aromatic rings. The van der Waals surface area contributed by atoms with Crippen LogP contribution in [0, 0.1) is 12.7 Å². The number of halogens is 1. The van der Waals surface area contributed by atoms with E-state index >= 15 is 0 Å². The number of sulfonamides is 1. The summed E-state index contributed by atoms with van der Waals surface area (Å²) in [6.07, 6.45) is 2.81. The fraction of sp³-hybridized carbons (Fsp3) is 0.250. The third-order valence-corrected chi connectivity index (χ3v) is 6.10. The normalized spacial score (nSPS) is 11.9. The molecule has 0 aliphatic heterocycles. The average Bonchev–Trinajstić information content (AvgIpc) is 2.63. The van der Waals surface area contributed by atoms with Crippen LogP contribution in [0.2, 0.25) is 0 Å².